The molecule has 0 radical (unpaired) electrons. The molecule has 1 fully saturated rings. The highest BCUT2D eigenvalue weighted by Crippen LogP contribution is 2.42. The monoisotopic (exact) mass is 421 g/mol. The maximum atomic E-state index is 13.0. The van der Waals surface area contributed by atoms with Crippen molar-refractivity contribution in [2.75, 3.05) is 13.3 Å². The number of hydrogen-bond donors (Lipinski definition) is 0. The first-order chi connectivity index (χ1) is 14.7. The van der Waals surface area contributed by atoms with Crippen molar-refractivity contribution in [2.24, 2.45) is 0 Å². The Balaban J connectivity index is 1.39. The van der Waals surface area contributed by atoms with E-state index >= 15 is 0 Å². The number of carbonyl (C=O) groups excluding carboxylic acids is 1. The molecule has 2 aliphatic heterocycles. The fraction of sp³-hybridized carbons (Fsp3) is 0.208. The van der Waals surface area contributed by atoms with Gasteiger partial charge in [0, 0.05) is 11.6 Å². The Morgan fingerprint density at radius 2 is 1.73 bits per heavy atom. The second kappa shape index (κ2) is 7.92. The van der Waals surface area contributed by atoms with Crippen molar-refractivity contribution in [2.45, 2.75) is 18.6 Å². The van der Waals surface area contributed by atoms with Gasteiger partial charge >= 0.3 is 0 Å². The summed E-state index contributed by atoms with van der Waals surface area (Å²) in [7, 11) is 0. The van der Waals surface area contributed by atoms with Crippen LogP contribution in [0.1, 0.15) is 17.2 Å². The molecule has 0 aliphatic carbocycles. The number of nitrogens with zero attached hydrogens (tertiary/aromatic N) is 1. The van der Waals surface area contributed by atoms with Crippen molar-refractivity contribution >= 4 is 17.5 Å². The fourth-order valence-corrected chi connectivity index (χ4v) is 4.01. The van der Waals surface area contributed by atoms with E-state index in [4.69, 9.17) is 25.8 Å². The summed E-state index contributed by atoms with van der Waals surface area (Å²) in [5.41, 5.74) is 2.10. The Labute approximate surface area is 179 Å². The molecule has 6 heteroatoms. The lowest BCUT2D eigenvalue weighted by atomic mass is 9.89. The molecule has 0 N–H and O–H groups in total. The average molecular weight is 422 g/mol. The zero-order valence-corrected chi connectivity index (χ0v) is 16.9. The number of amides is 1. The van der Waals surface area contributed by atoms with E-state index in [1.54, 1.807) is 0 Å². The van der Waals surface area contributed by atoms with Gasteiger partial charge in [0.1, 0.15) is 11.8 Å². The molecule has 0 aromatic heterocycles. The van der Waals surface area contributed by atoms with Gasteiger partial charge in [-0.25, -0.2) is 0 Å². The quantitative estimate of drug-likeness (QED) is 0.544. The molecule has 2 atom stereocenters. The van der Waals surface area contributed by atoms with Crippen LogP contribution in [0.15, 0.2) is 72.8 Å². The maximum Gasteiger partial charge on any atom is 0.266 e. The van der Waals surface area contributed by atoms with E-state index in [0.717, 1.165) is 23.3 Å². The van der Waals surface area contributed by atoms with E-state index < -0.39 is 6.10 Å². The molecule has 0 unspecified atom stereocenters. The highest BCUT2D eigenvalue weighted by atomic mass is 35.5. The third-order valence-corrected chi connectivity index (χ3v) is 5.70. The van der Waals surface area contributed by atoms with Crippen LogP contribution in [0.4, 0.5) is 0 Å². The zero-order valence-electron chi connectivity index (χ0n) is 16.2. The first-order valence-electron chi connectivity index (χ1n) is 9.85. The van der Waals surface area contributed by atoms with E-state index in [0.29, 0.717) is 23.1 Å². The number of fused-ring (bicyclic) bond motifs is 1. The SMILES string of the molecule is O=C1[C@@H](Oc2ccccc2)[C@@H](c2ccc3c(c2)OCO3)N1CCc1ccc(Cl)cc1. The highest BCUT2D eigenvalue weighted by molar-refractivity contribution is 6.30. The van der Waals surface area contributed by atoms with Crippen molar-refractivity contribution in [1.29, 1.82) is 0 Å². The van der Waals surface area contributed by atoms with Crippen LogP contribution in [0, 0.1) is 0 Å². The number of ether oxygens (including phenoxy) is 3. The predicted octanol–water partition coefficient (Wildman–Crippen LogP) is 4.64. The highest BCUT2D eigenvalue weighted by Gasteiger charge is 2.50. The molecule has 2 heterocycles. The van der Waals surface area contributed by atoms with Gasteiger partial charge in [-0.1, -0.05) is 48.0 Å². The minimum absolute atomic E-state index is 0.0181. The molecule has 5 nitrogen and oxygen atoms in total. The number of halogens is 1. The lowest BCUT2D eigenvalue weighted by Gasteiger charge is -2.47. The van der Waals surface area contributed by atoms with Crippen molar-refractivity contribution in [3.8, 4) is 17.2 Å². The number of para-hydroxylation sites is 1. The smallest absolute Gasteiger partial charge is 0.266 e. The maximum absolute atomic E-state index is 13.0. The van der Waals surface area contributed by atoms with Crippen LogP contribution < -0.4 is 14.2 Å². The molecule has 0 saturated carbocycles. The normalized spacial score (nSPS) is 19.5. The van der Waals surface area contributed by atoms with Gasteiger partial charge in [0.25, 0.3) is 5.91 Å². The van der Waals surface area contributed by atoms with Crippen LogP contribution in [-0.4, -0.2) is 30.2 Å². The number of rotatable bonds is 6. The standard InChI is InChI=1S/C24H20ClNO4/c25-18-9-6-16(7-10-18)12-13-26-22(17-8-11-20-21(14-17)29-15-28-20)23(24(26)27)30-19-4-2-1-3-5-19/h1-11,14,22-23H,12-13,15H2/t22-,23+/m1/s1. The molecule has 1 saturated heterocycles. The number of hydrogen-bond acceptors (Lipinski definition) is 4. The van der Waals surface area contributed by atoms with E-state index in [1.807, 2.05) is 77.7 Å². The van der Waals surface area contributed by atoms with Crippen molar-refractivity contribution in [3.05, 3.63) is 88.9 Å². The molecule has 1 amide bonds. The van der Waals surface area contributed by atoms with Gasteiger partial charge in [-0.3, -0.25) is 4.79 Å². The van der Waals surface area contributed by atoms with Crippen molar-refractivity contribution in [1.82, 2.24) is 4.90 Å². The Kier molecular flexibility index (Phi) is 4.97. The fourth-order valence-electron chi connectivity index (χ4n) is 3.88. The predicted molar refractivity (Wildman–Crippen MR) is 113 cm³/mol. The second-order valence-corrected chi connectivity index (χ2v) is 7.75. The van der Waals surface area contributed by atoms with Gasteiger partial charge in [-0.05, 0) is 53.9 Å². The molecule has 0 bridgehead atoms. The third-order valence-electron chi connectivity index (χ3n) is 5.45. The summed E-state index contributed by atoms with van der Waals surface area (Å²) in [4.78, 5) is 14.8. The molecule has 30 heavy (non-hydrogen) atoms. The molecule has 3 aromatic carbocycles. The van der Waals surface area contributed by atoms with Crippen LogP contribution in [0.2, 0.25) is 5.02 Å². The first-order valence-corrected chi connectivity index (χ1v) is 10.2. The van der Waals surface area contributed by atoms with E-state index in [1.165, 1.54) is 0 Å². The molecule has 152 valence electrons. The van der Waals surface area contributed by atoms with Crippen LogP contribution in [-0.2, 0) is 11.2 Å². The summed E-state index contributed by atoms with van der Waals surface area (Å²) < 4.78 is 17.0. The lowest BCUT2D eigenvalue weighted by Crippen LogP contribution is -2.61. The van der Waals surface area contributed by atoms with Crippen molar-refractivity contribution < 1.29 is 19.0 Å². The number of benzene rings is 3. The van der Waals surface area contributed by atoms with Gasteiger partial charge in [-0.15, -0.1) is 0 Å². The molecule has 2 aliphatic rings. The lowest BCUT2D eigenvalue weighted by molar-refractivity contribution is -0.164. The van der Waals surface area contributed by atoms with Gasteiger partial charge in [-0.2, -0.15) is 0 Å². The minimum Gasteiger partial charge on any atom is -0.478 e. The summed E-state index contributed by atoms with van der Waals surface area (Å²) >= 11 is 5.98. The Morgan fingerprint density at radius 3 is 2.53 bits per heavy atom. The number of likely N-dealkylation sites (tertiary alicyclic amines) is 1. The van der Waals surface area contributed by atoms with Crippen LogP contribution in [0.25, 0.3) is 0 Å². The third kappa shape index (κ3) is 3.57. The average Bonchev–Trinajstić information content (AvgIpc) is 3.25. The molecule has 0 spiro atoms. The Morgan fingerprint density at radius 1 is 0.967 bits per heavy atom. The summed E-state index contributed by atoms with van der Waals surface area (Å²) in [6.07, 6.45) is 0.167. The van der Waals surface area contributed by atoms with Crippen LogP contribution in [0.5, 0.6) is 17.2 Å². The number of β-lactam (4-membered cyclic amide) rings is 1. The summed E-state index contributed by atoms with van der Waals surface area (Å²) in [6.45, 7) is 0.806. The molecular weight excluding hydrogens is 402 g/mol. The minimum atomic E-state index is -0.571. The Bertz CT molecular complexity index is 1050. The summed E-state index contributed by atoms with van der Waals surface area (Å²) in [6, 6.07) is 22.7. The van der Waals surface area contributed by atoms with E-state index in [9.17, 15) is 4.79 Å². The topological polar surface area (TPSA) is 48.0 Å². The zero-order chi connectivity index (χ0) is 20.5. The van der Waals surface area contributed by atoms with Crippen LogP contribution in [0.3, 0.4) is 0 Å². The van der Waals surface area contributed by atoms with E-state index in [-0.39, 0.29) is 18.7 Å². The molecule has 5 rings (SSSR count). The second-order valence-electron chi connectivity index (χ2n) is 7.32. The Hall–Kier alpha value is -3.18. The summed E-state index contributed by atoms with van der Waals surface area (Å²) in [5.74, 6) is 2.08. The van der Waals surface area contributed by atoms with E-state index in [2.05, 4.69) is 0 Å². The number of carbonyl (C=O) groups is 1. The van der Waals surface area contributed by atoms with Crippen molar-refractivity contribution in [3.63, 3.8) is 0 Å². The van der Waals surface area contributed by atoms with Gasteiger partial charge in [0.05, 0.1) is 0 Å². The first kappa shape index (κ1) is 18.8. The van der Waals surface area contributed by atoms with Gasteiger partial charge in [0.2, 0.25) is 12.9 Å². The molecular formula is C24H20ClNO4. The molecule has 3 aromatic rings. The summed E-state index contributed by atoms with van der Waals surface area (Å²) in [5, 5.41) is 0.702. The largest absolute Gasteiger partial charge is 0.478 e. The van der Waals surface area contributed by atoms with Gasteiger partial charge < -0.3 is 19.1 Å². The van der Waals surface area contributed by atoms with Crippen LogP contribution >= 0.6 is 11.6 Å². The van der Waals surface area contributed by atoms with Gasteiger partial charge in [0.15, 0.2) is 11.5 Å².